The van der Waals surface area contributed by atoms with Gasteiger partial charge in [-0.05, 0) is 32.5 Å². The molecule has 32 heavy (non-hydrogen) atoms. The van der Waals surface area contributed by atoms with Gasteiger partial charge in [0.25, 0.3) is 5.56 Å². The molecule has 0 aliphatic rings. The highest BCUT2D eigenvalue weighted by molar-refractivity contribution is 7.19. The first-order chi connectivity index (χ1) is 15.4. The topological polar surface area (TPSA) is 67.5 Å². The Morgan fingerprint density at radius 3 is 2.47 bits per heavy atom. The van der Waals surface area contributed by atoms with Crippen molar-refractivity contribution in [2.45, 2.75) is 26.9 Å². The van der Waals surface area contributed by atoms with Crippen molar-refractivity contribution in [3.63, 3.8) is 0 Å². The molecule has 0 aliphatic carbocycles. The molecule has 0 saturated carbocycles. The van der Waals surface area contributed by atoms with Gasteiger partial charge in [-0.25, -0.2) is 4.98 Å². The number of aromatic nitrogens is 2. The van der Waals surface area contributed by atoms with Crippen LogP contribution in [0.2, 0.25) is 0 Å². The van der Waals surface area contributed by atoms with Crippen LogP contribution in [0.3, 0.4) is 0 Å². The molecule has 7 heteroatoms. The number of nitrogens with one attached hydrogen (secondary N) is 1. The Bertz CT molecular complexity index is 1310. The van der Waals surface area contributed by atoms with E-state index in [1.165, 1.54) is 5.56 Å². The van der Waals surface area contributed by atoms with Gasteiger partial charge in [-0.1, -0.05) is 35.9 Å². The second kappa shape index (κ2) is 9.14. The molecule has 0 unspecified atom stereocenters. The number of thiophene rings is 1. The summed E-state index contributed by atoms with van der Waals surface area (Å²) in [6.07, 6.45) is 0. The zero-order chi connectivity index (χ0) is 22.8. The van der Waals surface area contributed by atoms with Crippen LogP contribution in [0, 0.1) is 13.8 Å². The Hall–Kier alpha value is -3.16. The molecule has 0 spiro atoms. The second-order valence-corrected chi connectivity index (χ2v) is 9.15. The summed E-state index contributed by atoms with van der Waals surface area (Å²) in [5.74, 6) is 2.17. The van der Waals surface area contributed by atoms with Crippen LogP contribution in [0.5, 0.6) is 11.5 Å². The number of hydrogen-bond acceptors (Lipinski definition) is 6. The van der Waals surface area contributed by atoms with Gasteiger partial charge in [0.15, 0.2) is 0 Å². The molecule has 0 fully saturated rings. The molecule has 4 aromatic rings. The monoisotopic (exact) mass is 449 g/mol. The predicted molar refractivity (Wildman–Crippen MR) is 130 cm³/mol. The maximum absolute atomic E-state index is 13.0. The maximum atomic E-state index is 13.0. The lowest BCUT2D eigenvalue weighted by atomic mass is 10.0. The lowest BCUT2D eigenvalue weighted by Gasteiger charge is -2.18. The molecule has 0 saturated heterocycles. The van der Waals surface area contributed by atoms with Gasteiger partial charge in [0.05, 0.1) is 26.2 Å². The first-order valence-corrected chi connectivity index (χ1v) is 11.2. The number of ether oxygens (including phenoxy) is 2. The molecular formula is C25H27N3O3S. The molecule has 0 bridgehead atoms. The zero-order valence-corrected chi connectivity index (χ0v) is 19.8. The SMILES string of the molecule is COc1ccc(CN(C)Cc2nc3sc(C)c(-c4ccc(C)cc4)c3c(=O)[nH]2)c(OC)c1. The van der Waals surface area contributed by atoms with Gasteiger partial charge in [-0.2, -0.15) is 0 Å². The van der Waals surface area contributed by atoms with E-state index in [0.29, 0.717) is 24.3 Å². The van der Waals surface area contributed by atoms with Crippen LogP contribution in [0.25, 0.3) is 21.3 Å². The first-order valence-electron chi connectivity index (χ1n) is 10.4. The van der Waals surface area contributed by atoms with Crippen LogP contribution in [0.4, 0.5) is 0 Å². The van der Waals surface area contributed by atoms with Crippen molar-refractivity contribution in [1.82, 2.24) is 14.9 Å². The number of aryl methyl sites for hydroxylation is 2. The smallest absolute Gasteiger partial charge is 0.260 e. The normalized spacial score (nSPS) is 11.3. The third-order valence-corrected chi connectivity index (χ3v) is 6.48. The van der Waals surface area contributed by atoms with Gasteiger partial charge < -0.3 is 14.5 Å². The Labute approximate surface area is 191 Å². The average Bonchev–Trinajstić information content (AvgIpc) is 3.10. The van der Waals surface area contributed by atoms with Crippen LogP contribution in [-0.2, 0) is 13.1 Å². The van der Waals surface area contributed by atoms with Gasteiger partial charge in [-0.15, -0.1) is 11.3 Å². The van der Waals surface area contributed by atoms with E-state index in [9.17, 15) is 4.79 Å². The van der Waals surface area contributed by atoms with Crippen molar-refractivity contribution in [3.05, 3.63) is 74.6 Å². The summed E-state index contributed by atoms with van der Waals surface area (Å²) in [6.45, 7) is 5.26. The van der Waals surface area contributed by atoms with Gasteiger partial charge in [-0.3, -0.25) is 9.69 Å². The summed E-state index contributed by atoms with van der Waals surface area (Å²) in [5, 5.41) is 0.666. The van der Waals surface area contributed by atoms with E-state index < -0.39 is 0 Å². The fourth-order valence-electron chi connectivity index (χ4n) is 3.89. The van der Waals surface area contributed by atoms with Crippen LogP contribution >= 0.6 is 11.3 Å². The fraction of sp³-hybridized carbons (Fsp3) is 0.280. The summed E-state index contributed by atoms with van der Waals surface area (Å²) in [5.41, 5.74) is 4.15. The van der Waals surface area contributed by atoms with Gasteiger partial charge >= 0.3 is 0 Å². The standard InChI is InChI=1S/C25H27N3O3S/c1-15-6-8-17(9-7-15)22-16(2)32-25-23(22)24(29)26-21(27-25)14-28(3)13-18-10-11-19(30-4)12-20(18)31-5/h6-12H,13-14H2,1-5H3,(H,26,27,29). The molecular weight excluding hydrogens is 422 g/mol. The zero-order valence-electron chi connectivity index (χ0n) is 19.0. The average molecular weight is 450 g/mol. The van der Waals surface area contributed by atoms with E-state index in [-0.39, 0.29) is 5.56 Å². The fourth-order valence-corrected chi connectivity index (χ4v) is 4.96. The number of aromatic amines is 1. The molecule has 2 aromatic heterocycles. The van der Waals surface area contributed by atoms with E-state index in [0.717, 1.165) is 37.9 Å². The summed E-state index contributed by atoms with van der Waals surface area (Å²) >= 11 is 1.56. The number of benzene rings is 2. The van der Waals surface area contributed by atoms with E-state index in [4.69, 9.17) is 14.5 Å². The van der Waals surface area contributed by atoms with Gasteiger partial charge in [0.1, 0.15) is 22.2 Å². The minimum absolute atomic E-state index is 0.0969. The largest absolute Gasteiger partial charge is 0.497 e. The summed E-state index contributed by atoms with van der Waals surface area (Å²) in [7, 11) is 5.27. The molecule has 0 radical (unpaired) electrons. The van der Waals surface area contributed by atoms with Crippen LogP contribution in [-0.4, -0.2) is 36.1 Å². The molecule has 0 atom stereocenters. The Morgan fingerprint density at radius 1 is 1.03 bits per heavy atom. The molecule has 1 N–H and O–H groups in total. The van der Waals surface area contributed by atoms with E-state index in [1.807, 2.05) is 32.2 Å². The number of H-pyrrole nitrogens is 1. The molecule has 4 rings (SSSR count). The van der Waals surface area contributed by atoms with Crippen LogP contribution < -0.4 is 15.0 Å². The third kappa shape index (κ3) is 4.40. The minimum atomic E-state index is -0.0969. The second-order valence-electron chi connectivity index (χ2n) is 7.94. The molecule has 2 heterocycles. The highest BCUT2D eigenvalue weighted by atomic mass is 32.1. The van der Waals surface area contributed by atoms with Crippen molar-refractivity contribution in [2.75, 3.05) is 21.3 Å². The van der Waals surface area contributed by atoms with Crippen molar-refractivity contribution in [2.24, 2.45) is 0 Å². The lowest BCUT2D eigenvalue weighted by molar-refractivity contribution is 0.302. The molecule has 6 nitrogen and oxygen atoms in total. The Morgan fingerprint density at radius 2 is 1.78 bits per heavy atom. The number of hydrogen-bond donors (Lipinski definition) is 1. The van der Waals surface area contributed by atoms with Gasteiger partial charge in [0.2, 0.25) is 0 Å². The Kier molecular flexibility index (Phi) is 6.30. The molecule has 0 amide bonds. The number of fused-ring (bicyclic) bond motifs is 1. The van der Waals surface area contributed by atoms with Gasteiger partial charge in [0, 0.05) is 28.6 Å². The third-order valence-electron chi connectivity index (χ3n) is 5.48. The highest BCUT2D eigenvalue weighted by Gasteiger charge is 2.17. The predicted octanol–water partition coefficient (Wildman–Crippen LogP) is 4.92. The van der Waals surface area contributed by atoms with E-state index in [2.05, 4.69) is 41.1 Å². The van der Waals surface area contributed by atoms with E-state index in [1.54, 1.807) is 25.6 Å². The maximum Gasteiger partial charge on any atom is 0.260 e. The van der Waals surface area contributed by atoms with Crippen molar-refractivity contribution >= 4 is 21.6 Å². The molecule has 0 aliphatic heterocycles. The lowest BCUT2D eigenvalue weighted by Crippen LogP contribution is -2.22. The summed E-state index contributed by atoms with van der Waals surface area (Å²) < 4.78 is 10.8. The van der Waals surface area contributed by atoms with Crippen LogP contribution in [0.1, 0.15) is 21.8 Å². The molecule has 2 aromatic carbocycles. The quantitative estimate of drug-likeness (QED) is 0.434. The number of rotatable bonds is 7. The summed E-state index contributed by atoms with van der Waals surface area (Å²) in [6, 6.07) is 14.0. The Balaban J connectivity index is 1.61. The van der Waals surface area contributed by atoms with E-state index >= 15 is 0 Å². The highest BCUT2D eigenvalue weighted by Crippen LogP contribution is 2.35. The van der Waals surface area contributed by atoms with Crippen LogP contribution in [0.15, 0.2) is 47.3 Å². The van der Waals surface area contributed by atoms with Crippen molar-refractivity contribution in [1.29, 1.82) is 0 Å². The van der Waals surface area contributed by atoms with Crippen molar-refractivity contribution < 1.29 is 9.47 Å². The minimum Gasteiger partial charge on any atom is -0.497 e. The molecule has 166 valence electrons. The number of methoxy groups -OCH3 is 2. The van der Waals surface area contributed by atoms with Crippen molar-refractivity contribution in [3.8, 4) is 22.6 Å². The summed E-state index contributed by atoms with van der Waals surface area (Å²) in [4.78, 5) is 24.8. The first kappa shape index (κ1) is 22.0. The number of nitrogens with zero attached hydrogens (tertiary/aromatic N) is 2.